The molecule has 0 aliphatic heterocycles. The number of esters is 1. The molecule has 0 N–H and O–H groups in total. The monoisotopic (exact) mass is 224 g/mol. The molecule has 1 atom stereocenters. The van der Waals surface area contributed by atoms with Crippen molar-refractivity contribution in [2.45, 2.75) is 24.7 Å². The van der Waals surface area contributed by atoms with Gasteiger partial charge in [-0.15, -0.1) is 0 Å². The molecule has 0 fully saturated rings. The van der Waals surface area contributed by atoms with E-state index in [1.54, 1.807) is 0 Å². The van der Waals surface area contributed by atoms with E-state index < -0.39 is 30.7 Å². The molecule has 0 aliphatic rings. The van der Waals surface area contributed by atoms with Gasteiger partial charge in [0.05, 0.1) is 7.11 Å². The molecule has 0 heterocycles. The van der Waals surface area contributed by atoms with Crippen molar-refractivity contribution < 1.29 is 35.9 Å². The van der Waals surface area contributed by atoms with Crippen LogP contribution in [0.2, 0.25) is 0 Å². The minimum atomic E-state index is -5.70. The first kappa shape index (κ1) is 13.0. The molecule has 0 saturated carbocycles. The van der Waals surface area contributed by atoms with E-state index in [4.69, 9.17) is 0 Å². The Morgan fingerprint density at radius 1 is 1.29 bits per heavy atom. The summed E-state index contributed by atoms with van der Waals surface area (Å²) in [7, 11) is 0.708. The average Bonchev–Trinajstić information content (AvgIpc) is 2.00. The number of hydrogen-bond acceptors (Lipinski definition) is 2. The third kappa shape index (κ3) is 3.43. The zero-order valence-corrected chi connectivity index (χ0v) is 6.87. The first-order valence-corrected chi connectivity index (χ1v) is 3.26. The number of carbonyl (C=O) groups is 1. The Kier molecular flexibility index (Phi) is 3.78. The zero-order chi connectivity index (χ0) is 11.6. The number of alkyl halides is 6. The van der Waals surface area contributed by atoms with Gasteiger partial charge in [-0.3, -0.25) is 4.79 Å². The molecule has 14 heavy (non-hydrogen) atoms. The highest BCUT2D eigenvalue weighted by Gasteiger charge is 2.57. The maximum atomic E-state index is 12.4. The maximum absolute atomic E-state index is 12.4. The van der Waals surface area contributed by atoms with Gasteiger partial charge in [-0.05, 0) is 0 Å². The van der Waals surface area contributed by atoms with Crippen molar-refractivity contribution in [3.8, 4) is 0 Å². The van der Waals surface area contributed by atoms with E-state index in [0.29, 0.717) is 7.11 Å². The van der Waals surface area contributed by atoms with Gasteiger partial charge < -0.3 is 4.74 Å². The average molecular weight is 224 g/mol. The lowest BCUT2D eigenvalue weighted by molar-refractivity contribution is -0.245. The lowest BCUT2D eigenvalue weighted by Gasteiger charge is -2.21. The van der Waals surface area contributed by atoms with Crippen LogP contribution in [0.25, 0.3) is 0 Å². The first-order valence-electron chi connectivity index (χ1n) is 3.26. The minimum Gasteiger partial charge on any atom is -0.469 e. The Bertz CT molecular complexity index is 211. The van der Waals surface area contributed by atoms with Gasteiger partial charge in [0.2, 0.25) is 0 Å². The summed E-state index contributed by atoms with van der Waals surface area (Å²) in [5.41, 5.74) is 0. The van der Waals surface area contributed by atoms with E-state index in [9.17, 15) is 31.1 Å². The highest BCUT2D eigenvalue weighted by atomic mass is 19.4. The van der Waals surface area contributed by atoms with E-state index >= 15 is 0 Å². The molecule has 0 amide bonds. The van der Waals surface area contributed by atoms with Crippen LogP contribution in [0.3, 0.4) is 0 Å². The third-order valence-corrected chi connectivity index (χ3v) is 1.27. The fourth-order valence-corrected chi connectivity index (χ4v) is 0.594. The Labute approximate surface area is 74.8 Å². The normalized spacial score (nSPS) is 15.1. The number of ether oxygens (including phenoxy) is 1. The van der Waals surface area contributed by atoms with Gasteiger partial charge in [-0.2, -0.15) is 13.2 Å². The highest BCUT2D eigenvalue weighted by Crippen LogP contribution is 2.36. The van der Waals surface area contributed by atoms with Crippen LogP contribution in [-0.4, -0.2) is 31.3 Å². The smallest absolute Gasteiger partial charge is 0.425 e. The van der Waals surface area contributed by atoms with Gasteiger partial charge in [0.15, 0.2) is 0 Å². The Hall–Kier alpha value is -0.950. The van der Waals surface area contributed by atoms with Crippen LogP contribution in [0.5, 0.6) is 0 Å². The second kappa shape index (κ2) is 4.05. The Morgan fingerprint density at radius 3 is 2.00 bits per heavy atom. The van der Waals surface area contributed by atoms with Crippen LogP contribution in [0.4, 0.5) is 26.3 Å². The summed E-state index contributed by atoms with van der Waals surface area (Å²) in [5, 5.41) is 0. The second-order valence-corrected chi connectivity index (χ2v) is 2.42. The van der Waals surface area contributed by atoms with Gasteiger partial charge in [0, 0.05) is 0 Å². The van der Waals surface area contributed by atoms with Gasteiger partial charge >= 0.3 is 12.1 Å². The third-order valence-electron chi connectivity index (χ3n) is 1.27. The van der Waals surface area contributed by atoms with Crippen molar-refractivity contribution in [1.82, 2.24) is 0 Å². The lowest BCUT2D eigenvalue weighted by Crippen LogP contribution is -2.43. The van der Waals surface area contributed by atoms with E-state index in [1.165, 1.54) is 0 Å². The molecular weight excluding hydrogens is 218 g/mol. The zero-order valence-electron chi connectivity index (χ0n) is 6.87. The largest absolute Gasteiger partial charge is 0.469 e. The number of methoxy groups -OCH3 is 1. The van der Waals surface area contributed by atoms with E-state index in [-0.39, 0.29) is 0 Å². The Morgan fingerprint density at radius 2 is 1.71 bits per heavy atom. The summed E-state index contributed by atoms with van der Waals surface area (Å²) in [5.74, 6) is -6.41. The van der Waals surface area contributed by atoms with Gasteiger partial charge in [0.1, 0.15) is 6.42 Å². The van der Waals surface area contributed by atoms with Gasteiger partial charge in [-0.25, -0.2) is 13.2 Å². The summed E-state index contributed by atoms with van der Waals surface area (Å²) in [4.78, 5) is 10.2. The van der Waals surface area contributed by atoms with Crippen LogP contribution in [0.1, 0.15) is 6.42 Å². The lowest BCUT2D eigenvalue weighted by atomic mass is 10.1. The van der Waals surface area contributed by atoms with Crippen molar-refractivity contribution in [3.63, 3.8) is 0 Å². The molecule has 0 radical (unpaired) electrons. The van der Waals surface area contributed by atoms with E-state index in [1.807, 2.05) is 0 Å². The Balaban J connectivity index is 4.53. The topological polar surface area (TPSA) is 26.3 Å². The predicted octanol–water partition coefficient (Wildman–Crippen LogP) is 2.09. The highest BCUT2D eigenvalue weighted by molar-refractivity contribution is 5.70. The molecule has 0 aromatic carbocycles. The molecule has 0 aromatic rings. The quantitative estimate of drug-likeness (QED) is 0.542. The summed E-state index contributed by atoms with van der Waals surface area (Å²) in [6, 6.07) is 0. The first-order chi connectivity index (χ1) is 6.11. The summed E-state index contributed by atoms with van der Waals surface area (Å²) in [6.45, 7) is 0. The van der Waals surface area contributed by atoms with Crippen molar-refractivity contribution >= 4 is 5.97 Å². The number of hydrogen-bond donors (Lipinski definition) is 0. The van der Waals surface area contributed by atoms with Crippen LogP contribution in [0, 0.1) is 0 Å². The standard InChI is InChI=1S/C6H6F6O2/c1-14-3(13)2-5(8,9)4(7)6(10,11)12/h4H,2H2,1H3. The fourth-order valence-electron chi connectivity index (χ4n) is 0.594. The minimum absolute atomic E-state index is 0.708. The van der Waals surface area contributed by atoms with Crippen molar-refractivity contribution in [3.05, 3.63) is 0 Å². The maximum Gasteiger partial charge on any atom is 0.425 e. The molecule has 8 heteroatoms. The van der Waals surface area contributed by atoms with Crippen molar-refractivity contribution in [1.29, 1.82) is 0 Å². The molecule has 0 aliphatic carbocycles. The molecule has 84 valence electrons. The van der Waals surface area contributed by atoms with Crippen LogP contribution in [-0.2, 0) is 9.53 Å². The SMILES string of the molecule is COC(=O)CC(F)(F)C(F)C(F)(F)F. The summed E-state index contributed by atoms with van der Waals surface area (Å²) < 4.78 is 75.0. The molecule has 2 nitrogen and oxygen atoms in total. The molecular formula is C6H6F6O2. The number of rotatable bonds is 3. The molecule has 0 saturated heterocycles. The van der Waals surface area contributed by atoms with Gasteiger partial charge in [0.25, 0.3) is 12.1 Å². The summed E-state index contributed by atoms with van der Waals surface area (Å²) in [6.07, 6.45) is -12.0. The molecule has 1 unspecified atom stereocenters. The molecule has 0 aromatic heterocycles. The second-order valence-electron chi connectivity index (χ2n) is 2.42. The van der Waals surface area contributed by atoms with Crippen molar-refractivity contribution in [2.24, 2.45) is 0 Å². The van der Waals surface area contributed by atoms with Gasteiger partial charge in [-0.1, -0.05) is 0 Å². The molecule has 0 rings (SSSR count). The van der Waals surface area contributed by atoms with Crippen LogP contribution < -0.4 is 0 Å². The van der Waals surface area contributed by atoms with Crippen LogP contribution >= 0.6 is 0 Å². The van der Waals surface area contributed by atoms with E-state index in [2.05, 4.69) is 4.74 Å². The predicted molar refractivity (Wildman–Crippen MR) is 32.5 cm³/mol. The van der Waals surface area contributed by atoms with Crippen molar-refractivity contribution in [2.75, 3.05) is 7.11 Å². The fraction of sp³-hybridized carbons (Fsp3) is 0.833. The van der Waals surface area contributed by atoms with E-state index in [0.717, 1.165) is 0 Å². The number of halogens is 6. The molecule has 0 bridgehead atoms. The summed E-state index contributed by atoms with van der Waals surface area (Å²) >= 11 is 0. The molecule has 0 spiro atoms. The number of carbonyl (C=O) groups excluding carboxylic acids is 1. The van der Waals surface area contributed by atoms with Crippen LogP contribution in [0.15, 0.2) is 0 Å².